The molecule has 0 atom stereocenters. The summed E-state index contributed by atoms with van der Waals surface area (Å²) in [6.07, 6.45) is 2.79. The van der Waals surface area contributed by atoms with Crippen molar-refractivity contribution in [3.05, 3.63) is 17.3 Å². The maximum atomic E-state index is 11.7. The minimum atomic E-state index is 0.0602. The van der Waals surface area contributed by atoms with E-state index < -0.39 is 0 Å². The number of nitrogens with zero attached hydrogens (tertiary/aromatic N) is 1. The maximum Gasteiger partial charge on any atom is 0.221 e. The Labute approximate surface area is 107 Å². The molecule has 0 saturated heterocycles. The first-order valence-electron chi connectivity index (χ1n) is 5.85. The Morgan fingerprint density at radius 1 is 1.53 bits per heavy atom. The van der Waals surface area contributed by atoms with Crippen LogP contribution in [0.4, 0.5) is 0 Å². The van der Waals surface area contributed by atoms with Crippen LogP contribution in [0.3, 0.4) is 0 Å². The van der Waals surface area contributed by atoms with E-state index >= 15 is 0 Å². The fraction of sp³-hybridized carbons (Fsp3) is 0.667. The van der Waals surface area contributed by atoms with Crippen LogP contribution in [-0.4, -0.2) is 16.6 Å². The zero-order valence-corrected chi connectivity index (χ0v) is 11.1. The average Bonchev–Trinajstić information content (AvgIpc) is 2.98. The summed E-state index contributed by atoms with van der Waals surface area (Å²) in [5, 5.41) is 2.84. The first-order chi connectivity index (χ1) is 8.04. The number of amides is 1. The third-order valence-electron chi connectivity index (χ3n) is 3.34. The van der Waals surface area contributed by atoms with Crippen LogP contribution in [0.25, 0.3) is 0 Å². The fourth-order valence-corrected chi connectivity index (χ4v) is 2.19. The number of thiol groups is 1. The van der Waals surface area contributed by atoms with Gasteiger partial charge >= 0.3 is 0 Å². The zero-order chi connectivity index (χ0) is 12.5. The lowest BCUT2D eigenvalue weighted by Gasteiger charge is -2.10. The van der Waals surface area contributed by atoms with Crippen molar-refractivity contribution in [3.8, 4) is 0 Å². The molecule has 1 aliphatic rings. The molecule has 1 amide bonds. The van der Waals surface area contributed by atoms with Crippen LogP contribution < -0.4 is 5.32 Å². The number of oxazole rings is 1. The molecule has 2 rings (SSSR count). The highest BCUT2D eigenvalue weighted by atomic mass is 32.1. The summed E-state index contributed by atoms with van der Waals surface area (Å²) in [7, 11) is 0. The molecule has 1 aliphatic carbocycles. The molecule has 1 aromatic rings. The number of carbonyl (C=O) groups is 1. The van der Waals surface area contributed by atoms with Gasteiger partial charge in [0.15, 0.2) is 0 Å². The number of aryl methyl sites for hydroxylation is 2. The smallest absolute Gasteiger partial charge is 0.221 e. The minimum Gasteiger partial charge on any atom is -0.444 e. The van der Waals surface area contributed by atoms with Crippen molar-refractivity contribution >= 4 is 18.5 Å². The molecule has 0 radical (unpaired) electrons. The Morgan fingerprint density at radius 3 is 2.71 bits per heavy atom. The van der Waals surface area contributed by atoms with Gasteiger partial charge in [0.25, 0.3) is 0 Å². The monoisotopic (exact) mass is 254 g/mol. The molecule has 5 heteroatoms. The summed E-state index contributed by atoms with van der Waals surface area (Å²) in [4.78, 5) is 15.9. The van der Waals surface area contributed by atoms with Crippen molar-refractivity contribution in [1.82, 2.24) is 10.3 Å². The topological polar surface area (TPSA) is 55.1 Å². The van der Waals surface area contributed by atoms with Gasteiger partial charge in [-0.05, 0) is 37.9 Å². The highest BCUT2D eigenvalue weighted by Crippen LogP contribution is 2.49. The SMILES string of the molecule is Cc1nc(CNC(=O)CC2(CS)CC2)oc1C. The maximum absolute atomic E-state index is 11.7. The number of nitrogens with one attached hydrogen (secondary N) is 1. The van der Waals surface area contributed by atoms with Crippen LogP contribution in [0, 0.1) is 19.3 Å². The van der Waals surface area contributed by atoms with Crippen molar-refractivity contribution in [1.29, 1.82) is 0 Å². The van der Waals surface area contributed by atoms with Crippen LogP contribution >= 0.6 is 12.6 Å². The van der Waals surface area contributed by atoms with Gasteiger partial charge in [-0.3, -0.25) is 4.79 Å². The first kappa shape index (κ1) is 12.5. The van der Waals surface area contributed by atoms with Crippen LogP contribution in [0.15, 0.2) is 4.42 Å². The summed E-state index contributed by atoms with van der Waals surface area (Å²) in [6, 6.07) is 0. The average molecular weight is 254 g/mol. The van der Waals surface area contributed by atoms with E-state index in [1.165, 1.54) is 0 Å². The third-order valence-corrected chi connectivity index (χ3v) is 4.01. The van der Waals surface area contributed by atoms with E-state index in [9.17, 15) is 4.79 Å². The molecule has 1 aromatic heterocycles. The molecule has 1 N–H and O–H groups in total. The van der Waals surface area contributed by atoms with Crippen molar-refractivity contribution in [2.24, 2.45) is 5.41 Å². The molecule has 1 fully saturated rings. The number of rotatable bonds is 5. The van der Waals surface area contributed by atoms with Crippen molar-refractivity contribution < 1.29 is 9.21 Å². The second-order valence-electron chi connectivity index (χ2n) is 4.86. The molecule has 0 spiro atoms. The van der Waals surface area contributed by atoms with E-state index in [4.69, 9.17) is 4.42 Å². The second-order valence-corrected chi connectivity index (χ2v) is 5.18. The molecule has 0 bridgehead atoms. The fourth-order valence-electron chi connectivity index (χ4n) is 1.76. The van der Waals surface area contributed by atoms with E-state index in [0.29, 0.717) is 18.9 Å². The van der Waals surface area contributed by atoms with Gasteiger partial charge in [-0.1, -0.05) is 0 Å². The standard InChI is InChI=1S/C12H18N2O2S/c1-8-9(2)16-11(14-8)6-13-10(15)5-12(7-17)3-4-12/h17H,3-7H2,1-2H3,(H,13,15). The van der Waals surface area contributed by atoms with Gasteiger partial charge in [0.05, 0.1) is 12.2 Å². The quantitative estimate of drug-likeness (QED) is 0.790. The van der Waals surface area contributed by atoms with E-state index in [1.807, 2.05) is 13.8 Å². The predicted molar refractivity (Wildman–Crippen MR) is 68.0 cm³/mol. The van der Waals surface area contributed by atoms with Crippen molar-refractivity contribution in [2.75, 3.05) is 5.75 Å². The van der Waals surface area contributed by atoms with Gasteiger partial charge < -0.3 is 9.73 Å². The van der Waals surface area contributed by atoms with E-state index in [2.05, 4.69) is 22.9 Å². The molecular weight excluding hydrogens is 236 g/mol. The molecule has 17 heavy (non-hydrogen) atoms. The summed E-state index contributed by atoms with van der Waals surface area (Å²) in [6.45, 7) is 4.13. The largest absolute Gasteiger partial charge is 0.444 e. The summed E-state index contributed by atoms with van der Waals surface area (Å²) in [5.74, 6) is 2.23. The Hall–Kier alpha value is -0.970. The number of hydrogen-bond donors (Lipinski definition) is 2. The Bertz CT molecular complexity index is 405. The van der Waals surface area contributed by atoms with Crippen LogP contribution in [0.1, 0.15) is 36.6 Å². The summed E-state index contributed by atoms with van der Waals surface area (Å²) >= 11 is 4.28. The van der Waals surface area contributed by atoms with Crippen LogP contribution in [-0.2, 0) is 11.3 Å². The van der Waals surface area contributed by atoms with E-state index in [1.54, 1.807) is 0 Å². The first-order valence-corrected chi connectivity index (χ1v) is 6.48. The van der Waals surface area contributed by atoms with Gasteiger partial charge in [-0.25, -0.2) is 4.98 Å². The molecule has 4 nitrogen and oxygen atoms in total. The predicted octanol–water partition coefficient (Wildman–Crippen LogP) is 2.01. The van der Waals surface area contributed by atoms with Crippen LogP contribution in [0.5, 0.6) is 0 Å². The number of aromatic nitrogens is 1. The molecule has 1 heterocycles. The van der Waals surface area contributed by atoms with Gasteiger partial charge in [-0.15, -0.1) is 0 Å². The number of carbonyl (C=O) groups excluding carboxylic acids is 1. The van der Waals surface area contributed by atoms with Gasteiger partial charge in [0.1, 0.15) is 5.76 Å². The van der Waals surface area contributed by atoms with E-state index in [-0.39, 0.29) is 11.3 Å². The zero-order valence-electron chi connectivity index (χ0n) is 10.2. The molecule has 1 saturated carbocycles. The Balaban J connectivity index is 1.80. The lowest BCUT2D eigenvalue weighted by atomic mass is 10.1. The van der Waals surface area contributed by atoms with Crippen molar-refractivity contribution in [2.45, 2.75) is 39.7 Å². The number of hydrogen-bond acceptors (Lipinski definition) is 4. The highest BCUT2D eigenvalue weighted by molar-refractivity contribution is 7.80. The third kappa shape index (κ3) is 3.03. The normalized spacial score (nSPS) is 16.9. The molecule has 0 unspecified atom stereocenters. The van der Waals surface area contributed by atoms with Gasteiger partial charge in [-0.2, -0.15) is 12.6 Å². The van der Waals surface area contributed by atoms with E-state index in [0.717, 1.165) is 30.0 Å². The van der Waals surface area contributed by atoms with Crippen LogP contribution in [0.2, 0.25) is 0 Å². The summed E-state index contributed by atoms with van der Waals surface area (Å²) < 4.78 is 5.40. The molecule has 94 valence electrons. The lowest BCUT2D eigenvalue weighted by molar-refractivity contribution is -0.122. The molecule has 0 aliphatic heterocycles. The van der Waals surface area contributed by atoms with Crippen molar-refractivity contribution in [3.63, 3.8) is 0 Å². The van der Waals surface area contributed by atoms with Gasteiger partial charge in [0, 0.05) is 6.42 Å². The minimum absolute atomic E-state index is 0.0602. The second kappa shape index (κ2) is 4.72. The molecule has 0 aromatic carbocycles. The lowest BCUT2D eigenvalue weighted by Crippen LogP contribution is -2.26. The Kier molecular flexibility index (Phi) is 3.47. The highest BCUT2D eigenvalue weighted by Gasteiger charge is 2.42. The molecular formula is C12H18N2O2S. The van der Waals surface area contributed by atoms with Gasteiger partial charge in [0.2, 0.25) is 11.8 Å². The Morgan fingerprint density at radius 2 is 2.24 bits per heavy atom. The summed E-state index contributed by atoms with van der Waals surface area (Å²) in [5.41, 5.74) is 1.04.